The van der Waals surface area contributed by atoms with E-state index in [1.54, 1.807) is 17.3 Å². The zero-order valence-corrected chi connectivity index (χ0v) is 13.2. The Bertz CT molecular complexity index is 879. The Kier molecular flexibility index (Phi) is 4.83. The van der Waals surface area contributed by atoms with Crippen molar-refractivity contribution >= 4 is 16.7 Å². The van der Waals surface area contributed by atoms with Crippen molar-refractivity contribution < 1.29 is 4.79 Å². The number of amides is 1. The summed E-state index contributed by atoms with van der Waals surface area (Å²) >= 11 is 0. The van der Waals surface area contributed by atoms with Gasteiger partial charge in [0.05, 0.1) is 12.5 Å². The van der Waals surface area contributed by atoms with Gasteiger partial charge in [0.15, 0.2) is 0 Å². The molecule has 1 heterocycles. The van der Waals surface area contributed by atoms with Gasteiger partial charge in [0.25, 0.3) is 5.91 Å². The molecule has 0 saturated carbocycles. The molecule has 118 valence electrons. The Morgan fingerprint density at radius 1 is 1.08 bits per heavy atom. The van der Waals surface area contributed by atoms with Gasteiger partial charge >= 0.3 is 0 Å². The van der Waals surface area contributed by atoms with E-state index in [2.05, 4.69) is 11.1 Å². The number of nitrogens with zero attached hydrogens (tertiary/aromatic N) is 3. The molecule has 2 aromatic carbocycles. The number of fused-ring (bicyclic) bond motifs is 1. The average molecular weight is 315 g/mol. The zero-order valence-electron chi connectivity index (χ0n) is 13.2. The summed E-state index contributed by atoms with van der Waals surface area (Å²) in [4.78, 5) is 18.9. The fraction of sp³-hybridized carbons (Fsp3) is 0.150. The van der Waals surface area contributed by atoms with Crippen molar-refractivity contribution in [3.8, 4) is 6.07 Å². The number of rotatable bonds is 5. The molecule has 0 saturated heterocycles. The van der Waals surface area contributed by atoms with Gasteiger partial charge < -0.3 is 4.90 Å². The van der Waals surface area contributed by atoms with Gasteiger partial charge in [0, 0.05) is 31.0 Å². The van der Waals surface area contributed by atoms with Crippen molar-refractivity contribution in [1.29, 1.82) is 5.26 Å². The van der Waals surface area contributed by atoms with Crippen LogP contribution in [0.1, 0.15) is 22.3 Å². The van der Waals surface area contributed by atoms with Crippen LogP contribution in [0.25, 0.3) is 10.8 Å². The Hall–Kier alpha value is -3.19. The largest absolute Gasteiger partial charge is 0.333 e. The molecule has 3 aromatic rings. The van der Waals surface area contributed by atoms with Crippen LogP contribution in [0.2, 0.25) is 0 Å². The minimum atomic E-state index is -0.0640. The maximum Gasteiger partial charge on any atom is 0.254 e. The molecule has 3 rings (SSSR count). The number of nitriles is 1. The number of hydrogen-bond acceptors (Lipinski definition) is 3. The molecule has 0 aliphatic carbocycles. The van der Waals surface area contributed by atoms with Gasteiger partial charge in [0.1, 0.15) is 0 Å². The predicted octanol–water partition coefficient (Wildman–Crippen LogP) is 3.79. The molecule has 24 heavy (non-hydrogen) atoms. The highest BCUT2D eigenvalue weighted by Crippen LogP contribution is 2.21. The molecule has 1 aromatic heterocycles. The molecule has 0 aliphatic heterocycles. The summed E-state index contributed by atoms with van der Waals surface area (Å²) in [5, 5.41) is 10.9. The fourth-order valence-corrected chi connectivity index (χ4v) is 2.73. The molecule has 0 atom stereocenters. The minimum Gasteiger partial charge on any atom is -0.333 e. The van der Waals surface area contributed by atoms with Crippen molar-refractivity contribution in [3.63, 3.8) is 0 Å². The number of carbonyl (C=O) groups is 1. The van der Waals surface area contributed by atoms with E-state index in [1.165, 1.54) is 0 Å². The third-order valence-corrected chi connectivity index (χ3v) is 3.90. The smallest absolute Gasteiger partial charge is 0.254 e. The van der Waals surface area contributed by atoms with Gasteiger partial charge in [0.2, 0.25) is 0 Å². The first-order valence-electron chi connectivity index (χ1n) is 7.82. The molecular weight excluding hydrogens is 298 g/mol. The van der Waals surface area contributed by atoms with Crippen LogP contribution in [0, 0.1) is 11.3 Å². The van der Waals surface area contributed by atoms with E-state index in [1.807, 2.05) is 54.6 Å². The number of carbonyl (C=O) groups excluding carboxylic acids is 1. The molecule has 0 radical (unpaired) electrons. The van der Waals surface area contributed by atoms with Crippen LogP contribution in [0.15, 0.2) is 67.0 Å². The first-order chi connectivity index (χ1) is 11.8. The topological polar surface area (TPSA) is 57.0 Å². The average Bonchev–Trinajstić information content (AvgIpc) is 2.65. The maximum absolute atomic E-state index is 13.1. The molecule has 0 fully saturated rings. The van der Waals surface area contributed by atoms with E-state index in [0.29, 0.717) is 25.1 Å². The van der Waals surface area contributed by atoms with Crippen molar-refractivity contribution in [2.75, 3.05) is 6.54 Å². The summed E-state index contributed by atoms with van der Waals surface area (Å²) in [6, 6.07) is 19.5. The second kappa shape index (κ2) is 7.38. The third kappa shape index (κ3) is 3.41. The van der Waals surface area contributed by atoms with Gasteiger partial charge in [-0.25, -0.2) is 0 Å². The third-order valence-electron chi connectivity index (χ3n) is 3.90. The Balaban J connectivity index is 1.94. The van der Waals surface area contributed by atoms with E-state index in [9.17, 15) is 4.79 Å². The van der Waals surface area contributed by atoms with Crippen LogP contribution in [0.4, 0.5) is 0 Å². The number of benzene rings is 2. The summed E-state index contributed by atoms with van der Waals surface area (Å²) in [7, 11) is 0. The first-order valence-corrected chi connectivity index (χ1v) is 7.82. The molecule has 0 spiro atoms. The molecule has 4 heteroatoms. The highest BCUT2D eigenvalue weighted by atomic mass is 16.2. The van der Waals surface area contributed by atoms with Crippen LogP contribution in [-0.2, 0) is 6.54 Å². The standard InChI is InChI=1S/C20H17N3O/c21-11-5-13-23(15-16-6-4-12-22-14-16)20(24)19-10-3-8-17-7-1-2-9-18(17)19/h1-4,6-10,12,14H,5,13,15H2. The summed E-state index contributed by atoms with van der Waals surface area (Å²) in [5.41, 5.74) is 1.61. The SMILES string of the molecule is N#CCCN(Cc1cccnc1)C(=O)c1cccc2ccccc12. The minimum absolute atomic E-state index is 0.0640. The second-order valence-corrected chi connectivity index (χ2v) is 5.52. The zero-order chi connectivity index (χ0) is 16.8. The summed E-state index contributed by atoms with van der Waals surface area (Å²) in [6.07, 6.45) is 3.75. The lowest BCUT2D eigenvalue weighted by Crippen LogP contribution is -2.31. The lowest BCUT2D eigenvalue weighted by molar-refractivity contribution is 0.0749. The molecule has 0 aliphatic rings. The van der Waals surface area contributed by atoms with Crippen molar-refractivity contribution in [1.82, 2.24) is 9.88 Å². The van der Waals surface area contributed by atoms with Crippen LogP contribution in [0.3, 0.4) is 0 Å². The monoisotopic (exact) mass is 315 g/mol. The fourth-order valence-electron chi connectivity index (χ4n) is 2.73. The van der Waals surface area contributed by atoms with Gasteiger partial charge in [-0.05, 0) is 28.5 Å². The Labute approximate surface area is 141 Å². The second-order valence-electron chi connectivity index (χ2n) is 5.52. The number of aromatic nitrogens is 1. The van der Waals surface area contributed by atoms with Crippen LogP contribution in [-0.4, -0.2) is 22.3 Å². The molecule has 4 nitrogen and oxygen atoms in total. The van der Waals surface area contributed by atoms with Crippen molar-refractivity contribution in [2.45, 2.75) is 13.0 Å². The highest BCUT2D eigenvalue weighted by Gasteiger charge is 2.18. The molecule has 1 amide bonds. The van der Waals surface area contributed by atoms with Crippen LogP contribution in [0.5, 0.6) is 0 Å². The number of hydrogen-bond donors (Lipinski definition) is 0. The molecule has 0 bridgehead atoms. The first kappa shape index (κ1) is 15.7. The van der Waals surface area contributed by atoms with Gasteiger partial charge in [-0.15, -0.1) is 0 Å². The van der Waals surface area contributed by atoms with Crippen LogP contribution < -0.4 is 0 Å². The summed E-state index contributed by atoms with van der Waals surface area (Å²) in [5.74, 6) is -0.0640. The summed E-state index contributed by atoms with van der Waals surface area (Å²) in [6.45, 7) is 0.838. The molecule has 0 N–H and O–H groups in total. The van der Waals surface area contributed by atoms with Gasteiger partial charge in [-0.3, -0.25) is 9.78 Å². The highest BCUT2D eigenvalue weighted by molar-refractivity contribution is 6.07. The van der Waals surface area contributed by atoms with Crippen molar-refractivity contribution in [3.05, 3.63) is 78.1 Å². The summed E-state index contributed by atoms with van der Waals surface area (Å²) < 4.78 is 0. The van der Waals surface area contributed by atoms with E-state index in [0.717, 1.165) is 16.3 Å². The Morgan fingerprint density at radius 2 is 1.92 bits per heavy atom. The molecule has 0 unspecified atom stereocenters. The maximum atomic E-state index is 13.1. The van der Waals surface area contributed by atoms with Crippen molar-refractivity contribution in [2.24, 2.45) is 0 Å². The van der Waals surface area contributed by atoms with E-state index in [-0.39, 0.29) is 5.91 Å². The lowest BCUT2D eigenvalue weighted by Gasteiger charge is -2.22. The van der Waals surface area contributed by atoms with E-state index < -0.39 is 0 Å². The van der Waals surface area contributed by atoms with Gasteiger partial charge in [-0.2, -0.15) is 5.26 Å². The number of pyridine rings is 1. The van der Waals surface area contributed by atoms with Crippen LogP contribution >= 0.6 is 0 Å². The van der Waals surface area contributed by atoms with E-state index in [4.69, 9.17) is 5.26 Å². The van der Waals surface area contributed by atoms with E-state index >= 15 is 0 Å². The quantitative estimate of drug-likeness (QED) is 0.719. The predicted molar refractivity (Wildman–Crippen MR) is 93.2 cm³/mol. The Morgan fingerprint density at radius 3 is 2.71 bits per heavy atom. The normalized spacial score (nSPS) is 10.3. The lowest BCUT2D eigenvalue weighted by atomic mass is 10.0. The van der Waals surface area contributed by atoms with Gasteiger partial charge in [-0.1, -0.05) is 42.5 Å². The molecular formula is C20H17N3O.